The molecule has 2 rings (SSSR count). The minimum atomic E-state index is -0.709. The number of aromatic nitrogens is 2. The molecule has 0 unspecified atom stereocenters. The lowest BCUT2D eigenvalue weighted by Gasteiger charge is -1.81. The highest BCUT2D eigenvalue weighted by atomic mass is 16.6. The number of nitrogens with zero attached hydrogens (tertiary/aromatic N) is 2. The molecule has 0 bridgehead atoms. The SMILES string of the molecule is O=c1[nH]ncc2oc([N+](=O)[O-])cc12. The molecule has 0 atom stereocenters. The monoisotopic (exact) mass is 181 g/mol. The van der Waals surface area contributed by atoms with Gasteiger partial charge in [0.1, 0.15) is 4.92 Å². The van der Waals surface area contributed by atoms with Gasteiger partial charge >= 0.3 is 5.88 Å². The van der Waals surface area contributed by atoms with E-state index in [-0.39, 0.29) is 11.0 Å². The Morgan fingerprint density at radius 2 is 2.38 bits per heavy atom. The van der Waals surface area contributed by atoms with Crippen molar-refractivity contribution in [2.75, 3.05) is 0 Å². The fraction of sp³-hybridized carbons (Fsp3) is 0. The first-order valence-corrected chi connectivity index (χ1v) is 3.30. The lowest BCUT2D eigenvalue weighted by atomic mass is 10.4. The standard InChI is InChI=1S/C6H3N3O4/c10-6-3-1-5(9(11)12)13-4(3)2-7-8-6/h1-2H,(H,8,10). The summed E-state index contributed by atoms with van der Waals surface area (Å²) in [5.41, 5.74) is -0.398. The number of hydrogen-bond donors (Lipinski definition) is 1. The van der Waals surface area contributed by atoms with Gasteiger partial charge in [0.2, 0.25) is 0 Å². The van der Waals surface area contributed by atoms with Gasteiger partial charge < -0.3 is 4.42 Å². The van der Waals surface area contributed by atoms with Crippen LogP contribution in [0.25, 0.3) is 11.0 Å². The molecule has 0 aliphatic carbocycles. The van der Waals surface area contributed by atoms with E-state index >= 15 is 0 Å². The summed E-state index contributed by atoms with van der Waals surface area (Å²) < 4.78 is 4.73. The molecule has 7 heteroatoms. The third-order valence-corrected chi connectivity index (χ3v) is 1.52. The molecular formula is C6H3N3O4. The van der Waals surface area contributed by atoms with E-state index in [4.69, 9.17) is 4.42 Å². The maximum atomic E-state index is 11.0. The number of rotatable bonds is 1. The predicted molar refractivity (Wildman–Crippen MR) is 41.3 cm³/mol. The summed E-state index contributed by atoms with van der Waals surface area (Å²) in [4.78, 5) is 20.6. The molecule has 0 aromatic carbocycles. The van der Waals surface area contributed by atoms with E-state index in [9.17, 15) is 14.9 Å². The van der Waals surface area contributed by atoms with Gasteiger partial charge in [-0.1, -0.05) is 0 Å². The van der Waals surface area contributed by atoms with Gasteiger partial charge in [0, 0.05) is 0 Å². The second-order valence-electron chi connectivity index (χ2n) is 2.32. The van der Waals surface area contributed by atoms with Gasteiger partial charge in [-0.3, -0.25) is 14.9 Å². The number of H-pyrrole nitrogens is 1. The molecule has 0 fully saturated rings. The zero-order chi connectivity index (χ0) is 9.42. The van der Waals surface area contributed by atoms with Gasteiger partial charge in [0.15, 0.2) is 5.58 Å². The fourth-order valence-electron chi connectivity index (χ4n) is 0.965. The number of fused-ring (bicyclic) bond motifs is 1. The largest absolute Gasteiger partial charge is 0.434 e. The van der Waals surface area contributed by atoms with E-state index < -0.39 is 16.4 Å². The minimum absolute atomic E-state index is 0.107. The third-order valence-electron chi connectivity index (χ3n) is 1.52. The Kier molecular flexibility index (Phi) is 1.38. The van der Waals surface area contributed by atoms with Crippen molar-refractivity contribution in [2.45, 2.75) is 0 Å². The van der Waals surface area contributed by atoms with Crippen molar-refractivity contribution in [1.29, 1.82) is 0 Å². The van der Waals surface area contributed by atoms with Crippen molar-refractivity contribution >= 4 is 16.9 Å². The highest BCUT2D eigenvalue weighted by Crippen LogP contribution is 2.20. The third kappa shape index (κ3) is 1.06. The maximum absolute atomic E-state index is 11.0. The highest BCUT2D eigenvalue weighted by molar-refractivity contribution is 5.77. The first-order chi connectivity index (χ1) is 6.18. The Labute approximate surface area is 70.1 Å². The van der Waals surface area contributed by atoms with Crippen LogP contribution in [0.4, 0.5) is 5.88 Å². The second kappa shape index (κ2) is 2.41. The van der Waals surface area contributed by atoms with E-state index in [1.165, 1.54) is 6.20 Å². The zero-order valence-electron chi connectivity index (χ0n) is 6.18. The smallest absolute Gasteiger partial charge is 0.399 e. The summed E-state index contributed by atoms with van der Waals surface area (Å²) in [5, 5.41) is 16.0. The van der Waals surface area contributed by atoms with E-state index in [2.05, 4.69) is 10.2 Å². The molecule has 7 nitrogen and oxygen atoms in total. The molecule has 0 spiro atoms. The molecular weight excluding hydrogens is 178 g/mol. The summed E-state index contributed by atoms with van der Waals surface area (Å²) in [6.07, 6.45) is 1.21. The average Bonchev–Trinajstić information content (AvgIpc) is 2.49. The molecule has 2 aromatic rings. The van der Waals surface area contributed by atoms with Crippen LogP contribution in [0, 0.1) is 10.1 Å². The van der Waals surface area contributed by atoms with Crippen molar-refractivity contribution in [3.05, 3.63) is 32.7 Å². The number of nitrogens with one attached hydrogen (secondary N) is 1. The van der Waals surface area contributed by atoms with Crippen molar-refractivity contribution in [3.8, 4) is 0 Å². The Morgan fingerprint density at radius 1 is 1.62 bits per heavy atom. The van der Waals surface area contributed by atoms with Crippen LogP contribution in [-0.2, 0) is 0 Å². The van der Waals surface area contributed by atoms with Crippen LogP contribution in [0.2, 0.25) is 0 Å². The highest BCUT2D eigenvalue weighted by Gasteiger charge is 2.15. The van der Waals surface area contributed by atoms with Gasteiger partial charge in [-0.15, -0.1) is 0 Å². The van der Waals surface area contributed by atoms with Crippen LogP contribution < -0.4 is 5.56 Å². The minimum Gasteiger partial charge on any atom is -0.399 e. The van der Waals surface area contributed by atoms with Crippen molar-refractivity contribution in [1.82, 2.24) is 10.2 Å². The van der Waals surface area contributed by atoms with Crippen LogP contribution in [-0.4, -0.2) is 15.1 Å². The van der Waals surface area contributed by atoms with Crippen LogP contribution >= 0.6 is 0 Å². The van der Waals surface area contributed by atoms with E-state index in [1.54, 1.807) is 0 Å². The zero-order valence-corrected chi connectivity index (χ0v) is 6.18. The van der Waals surface area contributed by atoms with Crippen molar-refractivity contribution < 1.29 is 9.34 Å². The Balaban J connectivity index is 2.83. The topological polar surface area (TPSA) is 102 Å². The average molecular weight is 181 g/mol. The lowest BCUT2D eigenvalue weighted by Crippen LogP contribution is -2.05. The first kappa shape index (κ1) is 7.47. The molecule has 0 aliphatic rings. The molecule has 2 heterocycles. The molecule has 0 saturated heterocycles. The van der Waals surface area contributed by atoms with Crippen LogP contribution in [0.15, 0.2) is 21.5 Å². The lowest BCUT2D eigenvalue weighted by molar-refractivity contribution is -0.401. The second-order valence-corrected chi connectivity index (χ2v) is 2.32. The van der Waals surface area contributed by atoms with Crippen molar-refractivity contribution in [3.63, 3.8) is 0 Å². The van der Waals surface area contributed by atoms with Gasteiger partial charge in [0.25, 0.3) is 5.56 Å². The maximum Gasteiger partial charge on any atom is 0.434 e. The van der Waals surface area contributed by atoms with Crippen LogP contribution in [0.5, 0.6) is 0 Å². The Bertz CT molecular complexity index is 526. The fourth-order valence-corrected chi connectivity index (χ4v) is 0.965. The summed E-state index contributed by atoms with van der Waals surface area (Å²) in [7, 11) is 0. The van der Waals surface area contributed by atoms with Crippen molar-refractivity contribution in [2.24, 2.45) is 0 Å². The van der Waals surface area contributed by atoms with E-state index in [0.717, 1.165) is 6.07 Å². The predicted octanol–water partition coefficient (Wildman–Crippen LogP) is 0.424. The van der Waals surface area contributed by atoms with E-state index in [0.29, 0.717) is 0 Å². The molecule has 0 amide bonds. The molecule has 13 heavy (non-hydrogen) atoms. The van der Waals surface area contributed by atoms with Gasteiger partial charge in [-0.2, -0.15) is 5.10 Å². The first-order valence-electron chi connectivity index (χ1n) is 3.30. The number of hydrogen-bond acceptors (Lipinski definition) is 5. The normalized spacial score (nSPS) is 10.5. The summed E-state index contributed by atoms with van der Waals surface area (Å²) in [6, 6.07) is 1.07. The Morgan fingerprint density at radius 3 is 3.00 bits per heavy atom. The number of aromatic amines is 1. The van der Waals surface area contributed by atoms with Crippen LogP contribution in [0.1, 0.15) is 0 Å². The molecule has 0 aliphatic heterocycles. The molecule has 1 N–H and O–H groups in total. The summed E-state index contributed by atoms with van der Waals surface area (Å²) in [6.45, 7) is 0. The number of nitro groups is 1. The Hall–Kier alpha value is -2.18. The molecule has 0 radical (unpaired) electrons. The summed E-state index contributed by atoms with van der Waals surface area (Å²) in [5.74, 6) is -0.464. The molecule has 0 saturated carbocycles. The van der Waals surface area contributed by atoms with Crippen LogP contribution in [0.3, 0.4) is 0 Å². The molecule has 2 aromatic heterocycles. The van der Waals surface area contributed by atoms with Gasteiger partial charge in [0.05, 0.1) is 17.6 Å². The van der Waals surface area contributed by atoms with E-state index in [1.807, 2.05) is 0 Å². The molecule has 66 valence electrons. The summed E-state index contributed by atoms with van der Waals surface area (Å²) >= 11 is 0. The quantitative estimate of drug-likeness (QED) is 0.507. The van der Waals surface area contributed by atoms with Gasteiger partial charge in [-0.05, 0) is 0 Å². The number of furan rings is 1. The van der Waals surface area contributed by atoms with Gasteiger partial charge in [-0.25, -0.2) is 5.10 Å².